The second-order valence-electron chi connectivity index (χ2n) is 7.09. The molecule has 2 aromatic carbocycles. The van der Waals surface area contributed by atoms with E-state index in [2.05, 4.69) is 10.0 Å². The lowest BCUT2D eigenvalue weighted by Gasteiger charge is -2.17. The van der Waals surface area contributed by atoms with Crippen LogP contribution < -0.4 is 14.8 Å². The van der Waals surface area contributed by atoms with E-state index in [4.69, 9.17) is 9.47 Å². The third-order valence-corrected chi connectivity index (χ3v) is 6.54. The largest absolute Gasteiger partial charge is 0.497 e. The van der Waals surface area contributed by atoms with E-state index in [1.807, 2.05) is 0 Å². The highest BCUT2D eigenvalue weighted by Gasteiger charge is 2.23. The molecule has 0 aromatic heterocycles. The van der Waals surface area contributed by atoms with Crippen molar-refractivity contribution in [3.63, 3.8) is 0 Å². The monoisotopic (exact) mass is 418 g/mol. The minimum Gasteiger partial charge on any atom is -0.497 e. The van der Waals surface area contributed by atoms with Crippen LogP contribution in [0.4, 0.5) is 5.69 Å². The number of nitrogens with one attached hydrogen (secondary N) is 2. The number of benzene rings is 2. The molecule has 8 heteroatoms. The smallest absolute Gasteiger partial charge is 0.262 e. The first-order valence-electron chi connectivity index (χ1n) is 9.48. The summed E-state index contributed by atoms with van der Waals surface area (Å²) in [5.74, 6) is 0.245. The first-order chi connectivity index (χ1) is 13.8. The van der Waals surface area contributed by atoms with E-state index in [0.717, 1.165) is 12.8 Å². The predicted molar refractivity (Wildman–Crippen MR) is 111 cm³/mol. The fourth-order valence-electron chi connectivity index (χ4n) is 3.53. The molecule has 2 aromatic rings. The quantitative estimate of drug-likeness (QED) is 0.721. The van der Waals surface area contributed by atoms with Gasteiger partial charge in [0.2, 0.25) is 0 Å². The molecule has 0 saturated carbocycles. The highest BCUT2D eigenvalue weighted by Crippen LogP contribution is 2.28. The standard InChI is InChI=1S/C21H26N2O5S/c1-14-11-17(27-3)12-15(2)20(14)29(25,26)23-19-9-5-4-8-18(19)21(24)22-13-16-7-6-10-28-16/h4-5,8-9,11-12,16,23H,6-7,10,13H2,1-3H3,(H,22,24)/t16-/m1/s1. The Morgan fingerprint density at radius 3 is 2.52 bits per heavy atom. The third-order valence-electron chi connectivity index (χ3n) is 4.87. The normalized spacial score (nSPS) is 16.4. The van der Waals surface area contributed by atoms with Crippen molar-refractivity contribution < 1.29 is 22.7 Å². The van der Waals surface area contributed by atoms with Crippen molar-refractivity contribution >= 4 is 21.6 Å². The van der Waals surface area contributed by atoms with E-state index >= 15 is 0 Å². The molecule has 156 valence electrons. The molecule has 1 aliphatic heterocycles. The second-order valence-corrected chi connectivity index (χ2v) is 8.71. The topological polar surface area (TPSA) is 93.7 Å². The maximum atomic E-state index is 13.1. The number of amides is 1. The van der Waals surface area contributed by atoms with E-state index in [1.54, 1.807) is 50.2 Å². The summed E-state index contributed by atoms with van der Waals surface area (Å²) >= 11 is 0. The molecule has 0 bridgehead atoms. The summed E-state index contributed by atoms with van der Waals surface area (Å²) in [6.07, 6.45) is 1.90. The molecule has 2 N–H and O–H groups in total. The summed E-state index contributed by atoms with van der Waals surface area (Å²) in [4.78, 5) is 12.8. The molecule has 1 heterocycles. The van der Waals surface area contributed by atoms with Gasteiger partial charge in [0.05, 0.1) is 29.4 Å². The molecule has 7 nitrogen and oxygen atoms in total. The average molecular weight is 419 g/mol. The van der Waals surface area contributed by atoms with Crippen LogP contribution >= 0.6 is 0 Å². The SMILES string of the molecule is COc1cc(C)c(S(=O)(=O)Nc2ccccc2C(=O)NC[C@H]2CCCO2)c(C)c1. The van der Waals surface area contributed by atoms with Crippen LogP contribution in [-0.4, -0.2) is 40.7 Å². The zero-order chi connectivity index (χ0) is 21.0. The van der Waals surface area contributed by atoms with Crippen molar-refractivity contribution in [2.75, 3.05) is 25.0 Å². The minimum absolute atomic E-state index is 0.00685. The van der Waals surface area contributed by atoms with Gasteiger partial charge in [0.25, 0.3) is 15.9 Å². The van der Waals surface area contributed by atoms with Crippen LogP contribution in [0.25, 0.3) is 0 Å². The van der Waals surface area contributed by atoms with Crippen LogP contribution in [0.2, 0.25) is 0 Å². The van der Waals surface area contributed by atoms with Crippen molar-refractivity contribution in [2.45, 2.75) is 37.7 Å². The Balaban J connectivity index is 1.84. The van der Waals surface area contributed by atoms with Crippen LogP contribution in [0.15, 0.2) is 41.3 Å². The first-order valence-corrected chi connectivity index (χ1v) is 11.0. The Bertz CT molecular complexity index is 975. The highest BCUT2D eigenvalue weighted by atomic mass is 32.2. The molecule has 29 heavy (non-hydrogen) atoms. The summed E-state index contributed by atoms with van der Waals surface area (Å²) in [5, 5.41) is 2.83. The van der Waals surface area contributed by atoms with Gasteiger partial charge in [-0.2, -0.15) is 0 Å². The Kier molecular flexibility index (Phi) is 6.44. The molecular weight excluding hydrogens is 392 g/mol. The molecule has 1 aliphatic rings. The van der Waals surface area contributed by atoms with Gasteiger partial charge in [-0.25, -0.2) is 8.42 Å². The molecule has 1 atom stereocenters. The lowest BCUT2D eigenvalue weighted by Crippen LogP contribution is -2.32. The van der Waals surface area contributed by atoms with Crippen molar-refractivity contribution in [1.29, 1.82) is 0 Å². The second kappa shape index (κ2) is 8.84. The molecular formula is C21H26N2O5S. The number of methoxy groups -OCH3 is 1. The minimum atomic E-state index is -3.90. The van der Waals surface area contributed by atoms with Gasteiger partial charge < -0.3 is 14.8 Å². The maximum absolute atomic E-state index is 13.1. The number of para-hydroxylation sites is 1. The van der Waals surface area contributed by atoms with E-state index in [9.17, 15) is 13.2 Å². The van der Waals surface area contributed by atoms with Gasteiger partial charge in [-0.15, -0.1) is 0 Å². The van der Waals surface area contributed by atoms with Gasteiger partial charge in [-0.1, -0.05) is 12.1 Å². The molecule has 0 unspecified atom stereocenters. The Hall–Kier alpha value is -2.58. The van der Waals surface area contributed by atoms with Gasteiger partial charge in [0.15, 0.2) is 0 Å². The van der Waals surface area contributed by atoms with Crippen molar-refractivity contribution in [3.05, 3.63) is 53.1 Å². The predicted octanol–water partition coefficient (Wildman–Crippen LogP) is 3.02. The van der Waals surface area contributed by atoms with Crippen LogP contribution in [0.3, 0.4) is 0 Å². The number of sulfonamides is 1. The number of hydrogen-bond donors (Lipinski definition) is 2. The molecule has 0 radical (unpaired) electrons. The highest BCUT2D eigenvalue weighted by molar-refractivity contribution is 7.92. The summed E-state index contributed by atoms with van der Waals surface area (Å²) in [6, 6.07) is 9.89. The van der Waals surface area contributed by atoms with Gasteiger partial charge in [-0.05, 0) is 62.1 Å². The fraction of sp³-hybridized carbons (Fsp3) is 0.381. The van der Waals surface area contributed by atoms with Gasteiger partial charge >= 0.3 is 0 Å². The summed E-state index contributed by atoms with van der Waals surface area (Å²) in [5.41, 5.74) is 1.62. The number of anilines is 1. The van der Waals surface area contributed by atoms with Crippen molar-refractivity contribution in [3.8, 4) is 5.75 Å². The van der Waals surface area contributed by atoms with Crippen LogP contribution in [-0.2, 0) is 14.8 Å². The first kappa shape index (κ1) is 21.1. The van der Waals surface area contributed by atoms with Crippen LogP contribution in [0.5, 0.6) is 5.75 Å². The molecule has 1 fully saturated rings. The van der Waals surface area contributed by atoms with E-state index in [0.29, 0.717) is 30.0 Å². The van der Waals surface area contributed by atoms with Gasteiger partial charge in [0.1, 0.15) is 5.75 Å². The molecule has 0 aliphatic carbocycles. The maximum Gasteiger partial charge on any atom is 0.262 e. The Morgan fingerprint density at radius 1 is 1.21 bits per heavy atom. The Morgan fingerprint density at radius 2 is 1.90 bits per heavy atom. The number of carbonyl (C=O) groups excluding carboxylic acids is 1. The molecule has 1 amide bonds. The zero-order valence-corrected chi connectivity index (χ0v) is 17.6. The number of carbonyl (C=O) groups is 1. The van der Waals surface area contributed by atoms with Crippen LogP contribution in [0, 0.1) is 13.8 Å². The number of rotatable bonds is 7. The molecule has 3 rings (SSSR count). The van der Waals surface area contributed by atoms with E-state index < -0.39 is 10.0 Å². The van der Waals surface area contributed by atoms with Crippen molar-refractivity contribution in [2.24, 2.45) is 0 Å². The van der Waals surface area contributed by atoms with Gasteiger partial charge in [-0.3, -0.25) is 9.52 Å². The van der Waals surface area contributed by atoms with E-state index in [1.165, 1.54) is 7.11 Å². The van der Waals surface area contributed by atoms with Gasteiger partial charge in [0, 0.05) is 13.2 Å². The zero-order valence-electron chi connectivity index (χ0n) is 16.8. The van der Waals surface area contributed by atoms with E-state index in [-0.39, 0.29) is 28.2 Å². The average Bonchev–Trinajstić information content (AvgIpc) is 3.19. The summed E-state index contributed by atoms with van der Waals surface area (Å²) < 4.78 is 39.5. The number of aryl methyl sites for hydroxylation is 2. The Labute approximate surface area is 171 Å². The number of ether oxygens (including phenoxy) is 2. The lowest BCUT2D eigenvalue weighted by molar-refractivity contribution is 0.0858. The molecule has 1 saturated heterocycles. The van der Waals surface area contributed by atoms with Crippen molar-refractivity contribution in [1.82, 2.24) is 5.32 Å². The third kappa shape index (κ3) is 4.89. The fourth-order valence-corrected chi connectivity index (χ4v) is 5.06. The van der Waals surface area contributed by atoms with Crippen LogP contribution in [0.1, 0.15) is 34.3 Å². The summed E-state index contributed by atoms with van der Waals surface area (Å²) in [6.45, 7) is 4.53. The lowest BCUT2D eigenvalue weighted by atomic mass is 10.1. The number of hydrogen-bond acceptors (Lipinski definition) is 5. The summed E-state index contributed by atoms with van der Waals surface area (Å²) in [7, 11) is -2.36. The molecule has 0 spiro atoms.